The largest absolute Gasteiger partial charge is 0.310 e. The predicted molar refractivity (Wildman–Crippen MR) is 244 cm³/mol. The van der Waals surface area contributed by atoms with Gasteiger partial charge in [-0.1, -0.05) is 200 Å². The lowest BCUT2D eigenvalue weighted by atomic mass is 9.67. The number of nitrogens with zero attached hydrogens (tertiary/aromatic N) is 1. The summed E-state index contributed by atoms with van der Waals surface area (Å²) < 4.78 is 0. The van der Waals surface area contributed by atoms with Crippen molar-refractivity contribution in [3.8, 4) is 33.4 Å². The maximum Gasteiger partial charge on any atom is 0.0714 e. The van der Waals surface area contributed by atoms with Gasteiger partial charge in [-0.3, -0.25) is 0 Å². The Morgan fingerprint density at radius 2 is 0.845 bits per heavy atom. The summed E-state index contributed by atoms with van der Waals surface area (Å²) in [5.41, 5.74) is 15.2. The molecule has 0 aliphatic heterocycles. The summed E-state index contributed by atoms with van der Waals surface area (Å²) in [4.78, 5) is 2.48. The molecule has 11 rings (SSSR count). The first-order chi connectivity index (χ1) is 28.8. The molecule has 0 saturated carbocycles. The molecule has 1 aliphatic rings. The number of hydrogen-bond donors (Lipinski definition) is 0. The van der Waals surface area contributed by atoms with Crippen LogP contribution in [0.25, 0.3) is 54.9 Å². The topological polar surface area (TPSA) is 3.24 Å². The number of hydrogen-bond acceptors (Lipinski definition) is 1. The molecule has 1 aliphatic carbocycles. The van der Waals surface area contributed by atoms with Gasteiger partial charge in [-0.15, -0.1) is 0 Å². The van der Waals surface area contributed by atoms with Crippen molar-refractivity contribution < 1.29 is 0 Å². The molecule has 0 aromatic heterocycles. The van der Waals surface area contributed by atoms with Crippen molar-refractivity contribution in [1.82, 2.24) is 0 Å². The summed E-state index contributed by atoms with van der Waals surface area (Å²) in [7, 11) is 0. The van der Waals surface area contributed by atoms with Gasteiger partial charge < -0.3 is 4.90 Å². The van der Waals surface area contributed by atoms with Gasteiger partial charge in [0.25, 0.3) is 0 Å². The Balaban J connectivity index is 1.21. The number of rotatable bonds is 7. The first-order valence-corrected chi connectivity index (χ1v) is 20.1. The van der Waals surface area contributed by atoms with Crippen molar-refractivity contribution in [2.45, 2.75) is 5.41 Å². The Hall–Kier alpha value is -7.48. The molecular formula is C57H39N. The summed E-state index contributed by atoms with van der Waals surface area (Å²) >= 11 is 0. The second kappa shape index (κ2) is 13.9. The highest BCUT2D eigenvalue weighted by Gasteiger charge is 2.46. The van der Waals surface area contributed by atoms with Gasteiger partial charge in [0.2, 0.25) is 0 Å². The third kappa shape index (κ3) is 5.39. The molecule has 0 N–H and O–H groups in total. The number of fused-ring (bicyclic) bond motifs is 6. The molecule has 0 bridgehead atoms. The standard InChI is InChI=1S/C57H39N/c1-5-17-40(18-6-1)43-31-36-56(53(38-43)41-19-7-2-8-20-41)58(47-32-34-50-44(37-47)30-29-42-21-13-14-26-49(42)50)48-33-35-52-51-27-15-16-28-54(51)57(55(52)39-48,45-22-9-3-10-23-45)46-24-11-4-12-25-46/h1-39H. The summed E-state index contributed by atoms with van der Waals surface area (Å²) in [6, 6.07) is 87.0. The zero-order valence-electron chi connectivity index (χ0n) is 32.0. The van der Waals surface area contributed by atoms with Crippen LogP contribution in [-0.4, -0.2) is 0 Å². The van der Waals surface area contributed by atoms with E-state index in [0.29, 0.717) is 0 Å². The van der Waals surface area contributed by atoms with E-state index in [1.54, 1.807) is 0 Å². The molecule has 58 heavy (non-hydrogen) atoms. The second-order valence-corrected chi connectivity index (χ2v) is 15.2. The molecule has 272 valence electrons. The van der Waals surface area contributed by atoms with E-state index in [1.165, 1.54) is 77.2 Å². The highest BCUT2D eigenvalue weighted by molar-refractivity contribution is 6.09. The second-order valence-electron chi connectivity index (χ2n) is 15.2. The van der Waals surface area contributed by atoms with Crippen LogP contribution in [-0.2, 0) is 5.41 Å². The van der Waals surface area contributed by atoms with Crippen LogP contribution in [0.2, 0.25) is 0 Å². The van der Waals surface area contributed by atoms with Gasteiger partial charge in [-0.05, 0) is 108 Å². The fourth-order valence-electron chi connectivity index (χ4n) is 9.53. The molecule has 0 unspecified atom stereocenters. The predicted octanol–water partition coefficient (Wildman–Crippen LogP) is 15.2. The lowest BCUT2D eigenvalue weighted by Crippen LogP contribution is -2.28. The molecule has 10 aromatic rings. The summed E-state index contributed by atoms with van der Waals surface area (Å²) in [6.45, 7) is 0. The zero-order valence-corrected chi connectivity index (χ0v) is 32.0. The van der Waals surface area contributed by atoms with E-state index in [1.807, 2.05) is 0 Å². The average molecular weight is 738 g/mol. The quantitative estimate of drug-likeness (QED) is 0.147. The van der Waals surface area contributed by atoms with E-state index < -0.39 is 5.41 Å². The third-order valence-electron chi connectivity index (χ3n) is 12.1. The Morgan fingerprint density at radius 3 is 1.59 bits per heavy atom. The SMILES string of the molecule is c1ccc(-c2ccc(N(c3ccc4c(c3)C(c3ccccc3)(c3ccccc3)c3ccccc3-4)c3ccc4c(ccc5ccccc54)c3)c(-c3ccccc3)c2)cc1. The molecule has 0 atom stereocenters. The minimum Gasteiger partial charge on any atom is -0.310 e. The fraction of sp³-hybridized carbons (Fsp3) is 0.0175. The molecule has 1 heteroatoms. The Kier molecular flexibility index (Phi) is 8.12. The van der Waals surface area contributed by atoms with Crippen LogP contribution in [0.1, 0.15) is 22.3 Å². The Morgan fingerprint density at radius 1 is 0.293 bits per heavy atom. The third-order valence-corrected chi connectivity index (χ3v) is 12.1. The van der Waals surface area contributed by atoms with Crippen molar-refractivity contribution in [2.24, 2.45) is 0 Å². The smallest absolute Gasteiger partial charge is 0.0714 e. The molecule has 0 heterocycles. The van der Waals surface area contributed by atoms with Crippen LogP contribution in [0.4, 0.5) is 17.1 Å². The van der Waals surface area contributed by atoms with Crippen LogP contribution in [0.3, 0.4) is 0 Å². The van der Waals surface area contributed by atoms with Gasteiger partial charge in [-0.2, -0.15) is 0 Å². The lowest BCUT2D eigenvalue weighted by molar-refractivity contribution is 0.768. The van der Waals surface area contributed by atoms with Gasteiger partial charge in [-0.25, -0.2) is 0 Å². The summed E-state index contributed by atoms with van der Waals surface area (Å²) in [5, 5.41) is 4.97. The van der Waals surface area contributed by atoms with E-state index in [9.17, 15) is 0 Å². The van der Waals surface area contributed by atoms with Crippen molar-refractivity contribution in [3.63, 3.8) is 0 Å². The Bertz CT molecular complexity index is 3060. The molecule has 0 saturated heterocycles. The lowest BCUT2D eigenvalue weighted by Gasteiger charge is -2.35. The average Bonchev–Trinajstić information content (AvgIpc) is 3.60. The molecule has 0 amide bonds. The maximum absolute atomic E-state index is 2.48. The van der Waals surface area contributed by atoms with Gasteiger partial charge in [0.1, 0.15) is 0 Å². The molecule has 0 spiro atoms. The van der Waals surface area contributed by atoms with Crippen LogP contribution >= 0.6 is 0 Å². The van der Waals surface area contributed by atoms with E-state index >= 15 is 0 Å². The van der Waals surface area contributed by atoms with Gasteiger partial charge >= 0.3 is 0 Å². The van der Waals surface area contributed by atoms with Crippen molar-refractivity contribution in [1.29, 1.82) is 0 Å². The van der Waals surface area contributed by atoms with Crippen molar-refractivity contribution >= 4 is 38.6 Å². The first kappa shape index (κ1) is 33.8. The molecule has 10 aromatic carbocycles. The normalized spacial score (nSPS) is 12.6. The zero-order chi connectivity index (χ0) is 38.5. The molecule has 0 fully saturated rings. The van der Waals surface area contributed by atoms with Gasteiger partial charge in [0.15, 0.2) is 0 Å². The van der Waals surface area contributed by atoms with Crippen LogP contribution in [0.5, 0.6) is 0 Å². The molecular weight excluding hydrogens is 699 g/mol. The van der Waals surface area contributed by atoms with Gasteiger partial charge in [0, 0.05) is 16.9 Å². The van der Waals surface area contributed by atoms with Crippen LogP contribution in [0.15, 0.2) is 237 Å². The van der Waals surface area contributed by atoms with Crippen LogP contribution in [0, 0.1) is 0 Å². The minimum absolute atomic E-state index is 0.516. The number of anilines is 3. The monoisotopic (exact) mass is 737 g/mol. The van der Waals surface area contributed by atoms with E-state index in [4.69, 9.17) is 0 Å². The summed E-state index contributed by atoms with van der Waals surface area (Å²) in [5.74, 6) is 0. The van der Waals surface area contributed by atoms with Gasteiger partial charge in [0.05, 0.1) is 11.1 Å². The highest BCUT2D eigenvalue weighted by atomic mass is 15.1. The minimum atomic E-state index is -0.516. The fourth-order valence-corrected chi connectivity index (χ4v) is 9.53. The van der Waals surface area contributed by atoms with E-state index in [2.05, 4.69) is 241 Å². The van der Waals surface area contributed by atoms with Crippen LogP contribution < -0.4 is 4.90 Å². The van der Waals surface area contributed by atoms with Crippen molar-refractivity contribution in [3.05, 3.63) is 259 Å². The first-order valence-electron chi connectivity index (χ1n) is 20.1. The highest BCUT2D eigenvalue weighted by Crippen LogP contribution is 2.57. The molecule has 1 nitrogen and oxygen atoms in total. The molecule has 0 radical (unpaired) electrons. The van der Waals surface area contributed by atoms with E-state index in [-0.39, 0.29) is 0 Å². The van der Waals surface area contributed by atoms with E-state index in [0.717, 1.165) is 17.1 Å². The Labute approximate surface area is 339 Å². The van der Waals surface area contributed by atoms with Crippen molar-refractivity contribution in [2.75, 3.05) is 4.90 Å². The maximum atomic E-state index is 2.48. The summed E-state index contributed by atoms with van der Waals surface area (Å²) in [6.07, 6.45) is 0. The number of benzene rings is 10.